The SMILES string of the molecule is CCC(C)(C)C1CCC(=NNC(=O)c2c[nH]c3ccccc23)CC1. The normalized spacial score (nSPS) is 18.6. The number of aromatic amines is 1. The summed E-state index contributed by atoms with van der Waals surface area (Å²) in [6.45, 7) is 6.99. The molecule has 0 saturated heterocycles. The molecule has 2 aromatic rings. The Morgan fingerprint density at radius 2 is 2.00 bits per heavy atom. The predicted octanol–water partition coefficient (Wildman–Crippen LogP) is 4.88. The third kappa shape index (κ3) is 3.37. The van der Waals surface area contributed by atoms with Crippen molar-refractivity contribution >= 4 is 22.5 Å². The standard InChI is InChI=1S/C20H27N3O/c1-4-20(2,3)14-9-11-15(12-10-14)22-23-19(24)17-13-21-18-8-6-5-7-16(17)18/h5-8,13-14,21H,4,9-12H2,1-3H3,(H,23,24). The molecule has 1 amide bonds. The van der Waals surface area contributed by atoms with Crippen molar-refractivity contribution in [3.05, 3.63) is 36.0 Å². The second kappa shape index (κ2) is 6.80. The van der Waals surface area contributed by atoms with Crippen LogP contribution in [0.15, 0.2) is 35.6 Å². The van der Waals surface area contributed by atoms with Crippen molar-refractivity contribution < 1.29 is 4.79 Å². The minimum Gasteiger partial charge on any atom is -0.360 e. The fraction of sp³-hybridized carbons (Fsp3) is 0.500. The van der Waals surface area contributed by atoms with E-state index in [0.29, 0.717) is 11.0 Å². The molecule has 1 saturated carbocycles. The molecule has 1 aromatic heterocycles. The van der Waals surface area contributed by atoms with Crippen LogP contribution in [0.25, 0.3) is 10.9 Å². The Labute approximate surface area is 143 Å². The van der Waals surface area contributed by atoms with E-state index in [4.69, 9.17) is 0 Å². The van der Waals surface area contributed by atoms with Crippen LogP contribution in [0.1, 0.15) is 63.2 Å². The van der Waals surface area contributed by atoms with Crippen LogP contribution in [0, 0.1) is 11.3 Å². The third-order valence-electron chi connectivity index (χ3n) is 5.73. The van der Waals surface area contributed by atoms with Crippen molar-refractivity contribution in [2.75, 3.05) is 0 Å². The van der Waals surface area contributed by atoms with E-state index in [1.807, 2.05) is 24.3 Å². The van der Waals surface area contributed by atoms with Gasteiger partial charge in [0.2, 0.25) is 0 Å². The van der Waals surface area contributed by atoms with Crippen LogP contribution in [0.5, 0.6) is 0 Å². The minimum atomic E-state index is -0.143. The van der Waals surface area contributed by atoms with Gasteiger partial charge < -0.3 is 4.98 Å². The van der Waals surface area contributed by atoms with E-state index in [-0.39, 0.29) is 5.91 Å². The molecule has 2 N–H and O–H groups in total. The van der Waals surface area contributed by atoms with Crippen molar-refractivity contribution in [2.45, 2.75) is 52.9 Å². The number of carbonyl (C=O) groups is 1. The quantitative estimate of drug-likeness (QED) is 0.773. The number of nitrogens with one attached hydrogen (secondary N) is 2. The van der Waals surface area contributed by atoms with E-state index in [2.05, 4.69) is 36.3 Å². The molecule has 1 fully saturated rings. The first kappa shape index (κ1) is 16.7. The highest BCUT2D eigenvalue weighted by atomic mass is 16.2. The van der Waals surface area contributed by atoms with Gasteiger partial charge in [0, 0.05) is 22.8 Å². The highest BCUT2D eigenvalue weighted by Crippen LogP contribution is 2.39. The van der Waals surface area contributed by atoms with Gasteiger partial charge in [-0.3, -0.25) is 4.79 Å². The summed E-state index contributed by atoms with van der Waals surface area (Å²) in [6, 6.07) is 7.81. The topological polar surface area (TPSA) is 57.2 Å². The molecule has 0 radical (unpaired) electrons. The molecule has 1 aliphatic rings. The largest absolute Gasteiger partial charge is 0.360 e. The van der Waals surface area contributed by atoms with Crippen LogP contribution in [0.2, 0.25) is 0 Å². The number of hydrogen-bond acceptors (Lipinski definition) is 2. The lowest BCUT2D eigenvalue weighted by atomic mass is 9.69. The van der Waals surface area contributed by atoms with Crippen LogP contribution < -0.4 is 5.43 Å². The monoisotopic (exact) mass is 325 g/mol. The number of nitrogens with zero attached hydrogens (tertiary/aromatic N) is 1. The zero-order chi connectivity index (χ0) is 17.2. The Morgan fingerprint density at radius 1 is 1.29 bits per heavy atom. The summed E-state index contributed by atoms with van der Waals surface area (Å²) >= 11 is 0. The third-order valence-corrected chi connectivity index (χ3v) is 5.73. The summed E-state index contributed by atoms with van der Waals surface area (Å²) in [5.41, 5.74) is 5.88. The minimum absolute atomic E-state index is 0.143. The Hall–Kier alpha value is -2.10. The number of para-hydroxylation sites is 1. The number of carbonyl (C=O) groups excluding carboxylic acids is 1. The van der Waals surface area contributed by atoms with Crippen LogP contribution in [0.4, 0.5) is 0 Å². The van der Waals surface area contributed by atoms with Gasteiger partial charge in [0.05, 0.1) is 5.56 Å². The maximum atomic E-state index is 12.4. The van der Waals surface area contributed by atoms with Gasteiger partial charge in [0.15, 0.2) is 0 Å². The summed E-state index contributed by atoms with van der Waals surface area (Å²) in [4.78, 5) is 15.5. The second-order valence-corrected chi connectivity index (χ2v) is 7.48. The number of rotatable bonds is 4. The molecule has 24 heavy (non-hydrogen) atoms. The molecule has 1 aromatic carbocycles. The molecule has 0 unspecified atom stereocenters. The first-order valence-corrected chi connectivity index (χ1v) is 8.93. The lowest BCUT2D eigenvalue weighted by Crippen LogP contribution is -2.29. The summed E-state index contributed by atoms with van der Waals surface area (Å²) in [5, 5.41) is 5.33. The van der Waals surface area contributed by atoms with Crippen molar-refractivity contribution in [1.82, 2.24) is 10.4 Å². The van der Waals surface area contributed by atoms with Crippen LogP contribution in [-0.2, 0) is 0 Å². The number of amides is 1. The van der Waals surface area contributed by atoms with E-state index in [9.17, 15) is 4.79 Å². The summed E-state index contributed by atoms with van der Waals surface area (Å²) in [7, 11) is 0. The number of aromatic nitrogens is 1. The molecule has 0 bridgehead atoms. The Balaban J connectivity index is 1.62. The van der Waals surface area contributed by atoms with Crippen molar-refractivity contribution in [2.24, 2.45) is 16.4 Å². The van der Waals surface area contributed by atoms with Gasteiger partial charge in [0.1, 0.15) is 0 Å². The summed E-state index contributed by atoms with van der Waals surface area (Å²) < 4.78 is 0. The smallest absolute Gasteiger partial charge is 0.273 e. The lowest BCUT2D eigenvalue weighted by molar-refractivity contribution is 0.0956. The highest BCUT2D eigenvalue weighted by Gasteiger charge is 2.30. The number of benzene rings is 1. The number of fused-ring (bicyclic) bond motifs is 1. The van der Waals surface area contributed by atoms with E-state index in [1.54, 1.807) is 6.20 Å². The van der Waals surface area contributed by atoms with Gasteiger partial charge in [0.25, 0.3) is 5.91 Å². The predicted molar refractivity (Wildman–Crippen MR) is 99.2 cm³/mol. The van der Waals surface area contributed by atoms with Gasteiger partial charge in [-0.05, 0) is 43.1 Å². The Morgan fingerprint density at radius 3 is 2.71 bits per heavy atom. The van der Waals surface area contributed by atoms with E-state index >= 15 is 0 Å². The highest BCUT2D eigenvalue weighted by molar-refractivity contribution is 6.07. The molecular weight excluding hydrogens is 298 g/mol. The maximum Gasteiger partial charge on any atom is 0.273 e. The van der Waals surface area contributed by atoms with Gasteiger partial charge >= 0.3 is 0 Å². The van der Waals surface area contributed by atoms with Crippen LogP contribution in [0.3, 0.4) is 0 Å². The van der Waals surface area contributed by atoms with Crippen molar-refractivity contribution in [3.63, 3.8) is 0 Å². The molecule has 128 valence electrons. The molecule has 3 rings (SSSR count). The van der Waals surface area contributed by atoms with Gasteiger partial charge in [-0.2, -0.15) is 5.10 Å². The van der Waals surface area contributed by atoms with Gasteiger partial charge in [-0.1, -0.05) is 45.4 Å². The molecule has 0 atom stereocenters. The van der Waals surface area contributed by atoms with Crippen LogP contribution >= 0.6 is 0 Å². The first-order chi connectivity index (χ1) is 11.5. The zero-order valence-electron chi connectivity index (χ0n) is 14.9. The number of hydrogen-bond donors (Lipinski definition) is 2. The van der Waals surface area contributed by atoms with E-state index in [0.717, 1.165) is 35.4 Å². The average molecular weight is 325 g/mol. The van der Waals surface area contributed by atoms with E-state index < -0.39 is 0 Å². The maximum absolute atomic E-state index is 12.4. The zero-order valence-corrected chi connectivity index (χ0v) is 14.9. The van der Waals surface area contributed by atoms with Crippen LogP contribution in [-0.4, -0.2) is 16.6 Å². The molecule has 1 aliphatic carbocycles. The molecule has 1 heterocycles. The molecule has 4 nitrogen and oxygen atoms in total. The Bertz CT molecular complexity index is 747. The van der Waals surface area contributed by atoms with Gasteiger partial charge in [-0.15, -0.1) is 0 Å². The van der Waals surface area contributed by atoms with Gasteiger partial charge in [-0.25, -0.2) is 5.43 Å². The average Bonchev–Trinajstić information content (AvgIpc) is 3.04. The second-order valence-electron chi connectivity index (χ2n) is 7.48. The molecule has 0 spiro atoms. The fourth-order valence-electron chi connectivity index (χ4n) is 3.58. The Kier molecular flexibility index (Phi) is 4.74. The number of H-pyrrole nitrogens is 1. The number of hydrazone groups is 1. The summed E-state index contributed by atoms with van der Waals surface area (Å²) in [5.74, 6) is 0.613. The summed E-state index contributed by atoms with van der Waals surface area (Å²) in [6.07, 6.45) is 7.28. The first-order valence-electron chi connectivity index (χ1n) is 8.93. The van der Waals surface area contributed by atoms with Crippen molar-refractivity contribution in [1.29, 1.82) is 0 Å². The van der Waals surface area contributed by atoms with E-state index in [1.165, 1.54) is 19.3 Å². The molecule has 4 heteroatoms. The fourth-order valence-corrected chi connectivity index (χ4v) is 3.58. The molecule has 0 aliphatic heterocycles. The molecular formula is C20H27N3O. The lowest BCUT2D eigenvalue weighted by Gasteiger charge is -2.36. The van der Waals surface area contributed by atoms with Crippen molar-refractivity contribution in [3.8, 4) is 0 Å².